The van der Waals surface area contributed by atoms with Gasteiger partial charge in [0.1, 0.15) is 5.52 Å². The fourth-order valence-corrected chi connectivity index (χ4v) is 3.50. The fraction of sp³-hybridized carbons (Fsp3) is 0.556. The van der Waals surface area contributed by atoms with Crippen molar-refractivity contribution in [1.29, 1.82) is 0 Å². The molecule has 2 atom stereocenters. The number of rotatable bonds is 4. The Labute approximate surface area is 146 Å². The van der Waals surface area contributed by atoms with Crippen LogP contribution in [0.3, 0.4) is 0 Å². The van der Waals surface area contributed by atoms with E-state index in [4.69, 9.17) is 4.74 Å². The van der Waals surface area contributed by atoms with E-state index in [0.29, 0.717) is 29.5 Å². The zero-order valence-electron chi connectivity index (χ0n) is 14.9. The SMILES string of the molecule is CCn1nnc2cc(C(=O)OCC(=O)N3C[C@H](C)C[C@H](C)C3)ccc21. The summed E-state index contributed by atoms with van der Waals surface area (Å²) < 4.78 is 6.97. The van der Waals surface area contributed by atoms with Crippen LogP contribution in [0.5, 0.6) is 0 Å². The highest BCUT2D eigenvalue weighted by atomic mass is 16.5. The molecule has 25 heavy (non-hydrogen) atoms. The smallest absolute Gasteiger partial charge is 0.338 e. The van der Waals surface area contributed by atoms with Gasteiger partial charge < -0.3 is 9.64 Å². The standard InChI is InChI=1S/C18H24N4O3/c1-4-22-16-6-5-14(8-15(16)19-20-22)18(24)25-11-17(23)21-9-12(2)7-13(3)10-21/h5-6,8,12-13H,4,7,9-11H2,1-3H3/t12-,13+. The molecule has 1 amide bonds. The Morgan fingerprint density at radius 3 is 2.64 bits per heavy atom. The minimum atomic E-state index is -0.514. The van der Waals surface area contributed by atoms with Crippen LogP contribution in [-0.4, -0.2) is 51.5 Å². The van der Waals surface area contributed by atoms with E-state index in [1.807, 2.05) is 6.92 Å². The minimum absolute atomic E-state index is 0.134. The maximum Gasteiger partial charge on any atom is 0.338 e. The van der Waals surface area contributed by atoms with Gasteiger partial charge in [-0.25, -0.2) is 9.48 Å². The zero-order valence-corrected chi connectivity index (χ0v) is 14.9. The molecule has 0 radical (unpaired) electrons. The van der Waals surface area contributed by atoms with E-state index in [1.54, 1.807) is 27.8 Å². The van der Waals surface area contributed by atoms with Crippen molar-refractivity contribution in [3.8, 4) is 0 Å². The lowest BCUT2D eigenvalue weighted by Gasteiger charge is -2.34. The van der Waals surface area contributed by atoms with Crippen LogP contribution in [0.1, 0.15) is 37.6 Å². The predicted molar refractivity (Wildman–Crippen MR) is 93.0 cm³/mol. The number of fused-ring (bicyclic) bond motifs is 1. The number of ether oxygens (including phenoxy) is 1. The van der Waals surface area contributed by atoms with Crippen molar-refractivity contribution in [2.75, 3.05) is 19.7 Å². The van der Waals surface area contributed by atoms with Gasteiger partial charge in [-0.05, 0) is 43.4 Å². The summed E-state index contributed by atoms with van der Waals surface area (Å²) in [7, 11) is 0. The number of carbonyl (C=O) groups excluding carboxylic acids is 2. The number of piperidine rings is 1. The van der Waals surface area contributed by atoms with Gasteiger partial charge in [-0.15, -0.1) is 5.10 Å². The van der Waals surface area contributed by atoms with Crippen molar-refractivity contribution >= 4 is 22.9 Å². The van der Waals surface area contributed by atoms with Gasteiger partial charge in [-0.2, -0.15) is 0 Å². The molecule has 134 valence electrons. The summed E-state index contributed by atoms with van der Waals surface area (Å²) in [5.74, 6) is 0.308. The second-order valence-corrected chi connectivity index (χ2v) is 6.93. The molecular weight excluding hydrogens is 320 g/mol. The van der Waals surface area contributed by atoms with Gasteiger partial charge in [-0.1, -0.05) is 19.1 Å². The average molecular weight is 344 g/mol. The number of amides is 1. The van der Waals surface area contributed by atoms with E-state index < -0.39 is 5.97 Å². The zero-order chi connectivity index (χ0) is 18.0. The number of hydrogen-bond acceptors (Lipinski definition) is 5. The molecule has 7 nitrogen and oxygen atoms in total. The monoisotopic (exact) mass is 344 g/mol. The number of benzene rings is 1. The number of carbonyl (C=O) groups is 2. The average Bonchev–Trinajstić information content (AvgIpc) is 3.00. The minimum Gasteiger partial charge on any atom is -0.452 e. The summed E-state index contributed by atoms with van der Waals surface area (Å²) in [4.78, 5) is 26.3. The quantitative estimate of drug-likeness (QED) is 0.794. The molecule has 1 aromatic carbocycles. The first kappa shape index (κ1) is 17.4. The van der Waals surface area contributed by atoms with Gasteiger partial charge in [0.2, 0.25) is 0 Å². The van der Waals surface area contributed by atoms with Gasteiger partial charge in [0.25, 0.3) is 5.91 Å². The van der Waals surface area contributed by atoms with E-state index in [1.165, 1.54) is 0 Å². The normalized spacial score (nSPS) is 20.7. The van der Waals surface area contributed by atoms with Crippen molar-refractivity contribution in [2.45, 2.75) is 33.7 Å². The summed E-state index contributed by atoms with van der Waals surface area (Å²) in [6, 6.07) is 5.12. The molecule has 7 heteroatoms. The summed E-state index contributed by atoms with van der Waals surface area (Å²) in [5, 5.41) is 8.07. The summed E-state index contributed by atoms with van der Waals surface area (Å²) in [5.41, 5.74) is 1.89. The Morgan fingerprint density at radius 1 is 1.24 bits per heavy atom. The van der Waals surface area contributed by atoms with Gasteiger partial charge in [0.15, 0.2) is 6.61 Å². The highest BCUT2D eigenvalue weighted by Crippen LogP contribution is 2.21. The van der Waals surface area contributed by atoms with Crippen molar-refractivity contribution in [1.82, 2.24) is 19.9 Å². The Hall–Kier alpha value is -2.44. The first-order valence-electron chi connectivity index (χ1n) is 8.76. The lowest BCUT2D eigenvalue weighted by atomic mass is 9.92. The largest absolute Gasteiger partial charge is 0.452 e. The molecule has 3 rings (SSSR count). The number of esters is 1. The molecule has 1 aliphatic heterocycles. The molecule has 0 unspecified atom stereocenters. The highest BCUT2D eigenvalue weighted by molar-refractivity contribution is 5.94. The Bertz CT molecular complexity index is 776. The van der Waals surface area contributed by atoms with Crippen LogP contribution in [0.4, 0.5) is 0 Å². The first-order chi connectivity index (χ1) is 12.0. The van der Waals surface area contributed by atoms with Crippen LogP contribution >= 0.6 is 0 Å². The van der Waals surface area contributed by atoms with E-state index in [0.717, 1.165) is 25.0 Å². The van der Waals surface area contributed by atoms with Crippen molar-refractivity contribution in [3.05, 3.63) is 23.8 Å². The van der Waals surface area contributed by atoms with Gasteiger partial charge in [-0.3, -0.25) is 4.79 Å². The molecule has 2 heterocycles. The molecule has 0 spiro atoms. The van der Waals surface area contributed by atoms with Crippen molar-refractivity contribution in [3.63, 3.8) is 0 Å². The van der Waals surface area contributed by atoms with E-state index in [2.05, 4.69) is 24.2 Å². The Kier molecular flexibility index (Phi) is 5.01. The lowest BCUT2D eigenvalue weighted by molar-refractivity contribution is -0.137. The summed E-state index contributed by atoms with van der Waals surface area (Å²) in [6.07, 6.45) is 1.13. The molecule has 0 bridgehead atoms. The van der Waals surface area contributed by atoms with Crippen LogP contribution in [0.25, 0.3) is 11.0 Å². The second-order valence-electron chi connectivity index (χ2n) is 6.93. The number of nitrogens with zero attached hydrogens (tertiary/aromatic N) is 4. The number of hydrogen-bond donors (Lipinski definition) is 0. The number of aromatic nitrogens is 3. The third kappa shape index (κ3) is 3.81. The van der Waals surface area contributed by atoms with E-state index in [9.17, 15) is 9.59 Å². The second kappa shape index (κ2) is 7.21. The van der Waals surface area contributed by atoms with Gasteiger partial charge >= 0.3 is 5.97 Å². The third-order valence-electron chi connectivity index (χ3n) is 4.60. The summed E-state index contributed by atoms with van der Waals surface area (Å²) in [6.45, 7) is 8.20. The molecule has 1 aliphatic rings. The van der Waals surface area contributed by atoms with Crippen LogP contribution in [0, 0.1) is 11.8 Å². The topological polar surface area (TPSA) is 77.3 Å². The molecule has 0 saturated carbocycles. The molecule has 0 aliphatic carbocycles. The molecule has 2 aromatic rings. The molecule has 1 saturated heterocycles. The third-order valence-corrected chi connectivity index (χ3v) is 4.60. The molecule has 1 fully saturated rings. The predicted octanol–water partition coefficient (Wildman–Crippen LogP) is 2.11. The highest BCUT2D eigenvalue weighted by Gasteiger charge is 2.26. The summed E-state index contributed by atoms with van der Waals surface area (Å²) >= 11 is 0. The van der Waals surface area contributed by atoms with Crippen LogP contribution in [-0.2, 0) is 16.1 Å². The van der Waals surface area contributed by atoms with Gasteiger partial charge in [0.05, 0.1) is 11.1 Å². The molecular formula is C18H24N4O3. The maximum absolute atomic E-state index is 12.3. The Balaban J connectivity index is 1.61. The fourth-order valence-electron chi connectivity index (χ4n) is 3.50. The van der Waals surface area contributed by atoms with Crippen LogP contribution < -0.4 is 0 Å². The Morgan fingerprint density at radius 2 is 1.96 bits per heavy atom. The van der Waals surface area contributed by atoms with E-state index >= 15 is 0 Å². The van der Waals surface area contributed by atoms with Crippen LogP contribution in [0.15, 0.2) is 18.2 Å². The number of likely N-dealkylation sites (tertiary alicyclic amines) is 1. The van der Waals surface area contributed by atoms with Crippen molar-refractivity contribution < 1.29 is 14.3 Å². The lowest BCUT2D eigenvalue weighted by Crippen LogP contribution is -2.44. The van der Waals surface area contributed by atoms with Gasteiger partial charge in [0, 0.05) is 19.6 Å². The molecule has 0 N–H and O–H groups in total. The first-order valence-corrected chi connectivity index (χ1v) is 8.76. The van der Waals surface area contributed by atoms with Crippen LogP contribution in [0.2, 0.25) is 0 Å². The van der Waals surface area contributed by atoms with Crippen molar-refractivity contribution in [2.24, 2.45) is 11.8 Å². The molecule has 1 aromatic heterocycles. The maximum atomic E-state index is 12.3. The number of aryl methyl sites for hydroxylation is 1. The van der Waals surface area contributed by atoms with E-state index in [-0.39, 0.29) is 12.5 Å².